The predicted octanol–water partition coefficient (Wildman–Crippen LogP) is 4.72. The Morgan fingerprint density at radius 1 is 0.963 bits per heavy atom. The van der Waals surface area contributed by atoms with Crippen molar-refractivity contribution < 1.29 is 0 Å². The Morgan fingerprint density at radius 2 is 1.81 bits per heavy atom. The normalized spacial score (nSPS) is 10.8. The minimum absolute atomic E-state index is 0.680. The average molecular weight is 385 g/mol. The van der Waals surface area contributed by atoms with Crippen LogP contribution in [0.25, 0.3) is 10.9 Å². The van der Waals surface area contributed by atoms with Gasteiger partial charge in [0.25, 0.3) is 0 Å². The molecule has 3 N–H and O–H groups in total. The molecule has 0 saturated carbocycles. The number of hydrogen-bond donors (Lipinski definition) is 3. The smallest absolute Gasteiger partial charge is 0.224 e. The third-order valence-electron chi connectivity index (χ3n) is 4.07. The fourth-order valence-electron chi connectivity index (χ4n) is 2.78. The molecule has 27 heavy (non-hydrogen) atoms. The average Bonchev–Trinajstić information content (AvgIpc) is 2.65. The molecule has 142 valence electrons. The van der Waals surface area contributed by atoms with E-state index >= 15 is 0 Å². The zero-order chi connectivity index (χ0) is 19.1. The summed E-state index contributed by atoms with van der Waals surface area (Å²) < 4.78 is 0. The molecule has 0 aliphatic carbocycles. The highest BCUT2D eigenvalue weighted by Gasteiger charge is 2.03. The first-order chi connectivity index (χ1) is 13.2. The number of pyridine rings is 1. The molecule has 0 aliphatic rings. The van der Waals surface area contributed by atoms with Crippen molar-refractivity contribution in [3.63, 3.8) is 0 Å². The van der Waals surface area contributed by atoms with Crippen LogP contribution in [-0.2, 0) is 0 Å². The summed E-state index contributed by atoms with van der Waals surface area (Å²) in [5, 5.41) is 11.9. The van der Waals surface area contributed by atoms with Gasteiger partial charge in [-0.05, 0) is 44.0 Å². The first-order valence-electron chi connectivity index (χ1n) is 9.27. The van der Waals surface area contributed by atoms with Crippen molar-refractivity contribution in [2.75, 3.05) is 35.6 Å². The van der Waals surface area contributed by atoms with Gasteiger partial charge in [-0.1, -0.05) is 18.5 Å². The van der Waals surface area contributed by atoms with Gasteiger partial charge in [0, 0.05) is 53.7 Å². The second-order valence-electron chi connectivity index (χ2n) is 6.37. The molecule has 6 nitrogen and oxygen atoms in total. The predicted molar refractivity (Wildman–Crippen MR) is 114 cm³/mol. The topological polar surface area (TPSA) is 74.8 Å². The number of rotatable bonds is 9. The van der Waals surface area contributed by atoms with E-state index in [1.54, 1.807) is 6.20 Å². The molecule has 0 bridgehead atoms. The summed E-state index contributed by atoms with van der Waals surface area (Å²) in [6, 6.07) is 9.72. The Morgan fingerprint density at radius 3 is 2.67 bits per heavy atom. The number of aryl methyl sites for hydroxylation is 1. The van der Waals surface area contributed by atoms with Crippen molar-refractivity contribution in [3.05, 3.63) is 47.2 Å². The first kappa shape index (κ1) is 19.2. The lowest BCUT2D eigenvalue weighted by atomic mass is 10.2. The Balaban J connectivity index is 1.51. The highest BCUT2D eigenvalue weighted by Crippen LogP contribution is 2.24. The fourth-order valence-corrected chi connectivity index (χ4v) is 2.94. The molecule has 2 heterocycles. The highest BCUT2D eigenvalue weighted by molar-refractivity contribution is 6.31. The molecular weight excluding hydrogens is 360 g/mol. The summed E-state index contributed by atoms with van der Waals surface area (Å²) >= 11 is 6.04. The second kappa shape index (κ2) is 9.37. The van der Waals surface area contributed by atoms with Crippen LogP contribution in [0.15, 0.2) is 36.5 Å². The second-order valence-corrected chi connectivity index (χ2v) is 6.81. The van der Waals surface area contributed by atoms with E-state index in [9.17, 15) is 0 Å². The SMILES string of the molecule is CCCNc1nc(C)cc(NCCCNc2ccnc3cc(Cl)ccc23)n1. The molecule has 0 amide bonds. The van der Waals surface area contributed by atoms with E-state index in [2.05, 4.69) is 37.8 Å². The quantitative estimate of drug-likeness (QED) is 0.463. The molecule has 0 saturated heterocycles. The van der Waals surface area contributed by atoms with Crippen LogP contribution in [-0.4, -0.2) is 34.6 Å². The molecule has 0 fully saturated rings. The lowest BCUT2D eigenvalue weighted by molar-refractivity contribution is 0.898. The third-order valence-corrected chi connectivity index (χ3v) is 4.30. The summed E-state index contributed by atoms with van der Waals surface area (Å²) in [4.78, 5) is 13.3. The van der Waals surface area contributed by atoms with E-state index in [0.717, 1.165) is 60.6 Å². The molecule has 2 aromatic heterocycles. The van der Waals surface area contributed by atoms with Gasteiger partial charge in [0.05, 0.1) is 5.52 Å². The van der Waals surface area contributed by atoms with Gasteiger partial charge < -0.3 is 16.0 Å². The van der Waals surface area contributed by atoms with Gasteiger partial charge in [0.1, 0.15) is 5.82 Å². The molecule has 0 spiro atoms. The van der Waals surface area contributed by atoms with E-state index in [1.165, 1.54) is 0 Å². The van der Waals surface area contributed by atoms with Gasteiger partial charge in [-0.15, -0.1) is 0 Å². The number of aromatic nitrogens is 3. The van der Waals surface area contributed by atoms with Crippen molar-refractivity contribution in [3.8, 4) is 0 Å². The molecule has 3 aromatic rings. The van der Waals surface area contributed by atoms with Gasteiger partial charge in [-0.3, -0.25) is 4.98 Å². The Kier molecular flexibility index (Phi) is 6.65. The van der Waals surface area contributed by atoms with Crippen LogP contribution < -0.4 is 16.0 Å². The summed E-state index contributed by atoms with van der Waals surface area (Å²) in [5.74, 6) is 1.53. The molecule has 1 aromatic carbocycles. The lowest BCUT2D eigenvalue weighted by Gasteiger charge is -2.11. The van der Waals surface area contributed by atoms with E-state index in [-0.39, 0.29) is 0 Å². The van der Waals surface area contributed by atoms with Crippen molar-refractivity contribution in [2.24, 2.45) is 0 Å². The van der Waals surface area contributed by atoms with Crippen LogP contribution in [0, 0.1) is 6.92 Å². The maximum atomic E-state index is 6.04. The number of benzene rings is 1. The fraction of sp³-hybridized carbons (Fsp3) is 0.350. The van der Waals surface area contributed by atoms with Crippen LogP contribution in [0.1, 0.15) is 25.5 Å². The zero-order valence-electron chi connectivity index (χ0n) is 15.7. The van der Waals surface area contributed by atoms with E-state index < -0.39 is 0 Å². The molecule has 3 rings (SSSR count). The van der Waals surface area contributed by atoms with Crippen LogP contribution in [0.5, 0.6) is 0 Å². The maximum Gasteiger partial charge on any atom is 0.224 e. The van der Waals surface area contributed by atoms with Crippen molar-refractivity contribution in [1.29, 1.82) is 0 Å². The third kappa shape index (κ3) is 5.44. The standard InChI is InChI=1S/C20H25ClN6/c1-3-8-25-20-26-14(2)12-19(27-20)24-10-4-9-22-17-7-11-23-18-13-15(21)5-6-16(17)18/h5-7,11-13H,3-4,8-10H2,1-2H3,(H,22,23)(H2,24,25,26,27). The number of hydrogen-bond acceptors (Lipinski definition) is 6. The number of halogens is 1. The first-order valence-corrected chi connectivity index (χ1v) is 9.65. The molecule has 0 aliphatic heterocycles. The zero-order valence-corrected chi connectivity index (χ0v) is 16.5. The summed E-state index contributed by atoms with van der Waals surface area (Å²) in [7, 11) is 0. The Bertz CT molecular complexity index is 899. The number of fused-ring (bicyclic) bond motifs is 1. The summed E-state index contributed by atoms with van der Waals surface area (Å²) in [6.07, 6.45) is 3.80. The molecule has 0 unspecified atom stereocenters. The maximum absolute atomic E-state index is 6.04. The number of anilines is 3. The van der Waals surface area contributed by atoms with Crippen molar-refractivity contribution >= 4 is 40.0 Å². The van der Waals surface area contributed by atoms with Gasteiger partial charge in [0.2, 0.25) is 5.95 Å². The van der Waals surface area contributed by atoms with Gasteiger partial charge in [0.15, 0.2) is 0 Å². The van der Waals surface area contributed by atoms with Gasteiger partial charge in [-0.25, -0.2) is 4.98 Å². The largest absolute Gasteiger partial charge is 0.384 e. The lowest BCUT2D eigenvalue weighted by Crippen LogP contribution is -2.12. The minimum atomic E-state index is 0.680. The molecule has 0 radical (unpaired) electrons. The number of nitrogens with one attached hydrogen (secondary N) is 3. The minimum Gasteiger partial charge on any atom is -0.384 e. The summed E-state index contributed by atoms with van der Waals surface area (Å²) in [6.45, 7) is 6.64. The van der Waals surface area contributed by atoms with E-state index in [4.69, 9.17) is 11.6 Å². The molecule has 7 heteroatoms. The molecular formula is C20H25ClN6. The van der Waals surface area contributed by atoms with Crippen molar-refractivity contribution in [2.45, 2.75) is 26.7 Å². The number of nitrogens with zero attached hydrogens (tertiary/aromatic N) is 3. The van der Waals surface area contributed by atoms with Crippen LogP contribution in [0.2, 0.25) is 5.02 Å². The van der Waals surface area contributed by atoms with Crippen molar-refractivity contribution in [1.82, 2.24) is 15.0 Å². The Labute approximate surface area is 164 Å². The Hall–Kier alpha value is -2.60. The van der Waals surface area contributed by atoms with E-state index in [0.29, 0.717) is 11.0 Å². The van der Waals surface area contributed by atoms with Crippen LogP contribution >= 0.6 is 11.6 Å². The van der Waals surface area contributed by atoms with E-state index in [1.807, 2.05) is 37.3 Å². The highest BCUT2D eigenvalue weighted by atomic mass is 35.5. The molecule has 0 atom stereocenters. The van der Waals surface area contributed by atoms with Crippen LogP contribution in [0.4, 0.5) is 17.5 Å². The monoisotopic (exact) mass is 384 g/mol. The summed E-state index contributed by atoms with van der Waals surface area (Å²) in [5.41, 5.74) is 2.92. The van der Waals surface area contributed by atoms with Crippen LogP contribution in [0.3, 0.4) is 0 Å². The van der Waals surface area contributed by atoms with Gasteiger partial charge in [-0.2, -0.15) is 4.98 Å². The van der Waals surface area contributed by atoms with Gasteiger partial charge >= 0.3 is 0 Å².